The van der Waals surface area contributed by atoms with Gasteiger partial charge in [-0.15, -0.1) is 6.58 Å². The van der Waals surface area contributed by atoms with Crippen molar-refractivity contribution in [3.05, 3.63) is 12.7 Å². The van der Waals surface area contributed by atoms with Gasteiger partial charge >= 0.3 is 0 Å². The van der Waals surface area contributed by atoms with Gasteiger partial charge in [0.1, 0.15) is 0 Å². The third-order valence-corrected chi connectivity index (χ3v) is 2.44. The molecule has 0 saturated heterocycles. The minimum Gasteiger partial charge on any atom is -0.391 e. The van der Waals surface area contributed by atoms with Crippen LogP contribution < -0.4 is 0 Å². The molecule has 0 aliphatic rings. The maximum absolute atomic E-state index is 9.11. The first-order valence-electron chi connectivity index (χ1n) is 7.17. The van der Waals surface area contributed by atoms with E-state index >= 15 is 0 Å². The molecule has 4 unspecified atom stereocenters. The molecule has 5 heteroatoms. The molecule has 0 bridgehead atoms. The normalized spacial score (nSPS) is 17.4. The van der Waals surface area contributed by atoms with Gasteiger partial charge in [-0.3, -0.25) is 0 Å². The van der Waals surface area contributed by atoms with Crippen LogP contribution in [0.2, 0.25) is 0 Å². The van der Waals surface area contributed by atoms with Crippen LogP contribution in [0.15, 0.2) is 12.7 Å². The van der Waals surface area contributed by atoms with Crippen molar-refractivity contribution < 1.29 is 24.1 Å². The largest absolute Gasteiger partial charge is 0.391 e. The van der Waals surface area contributed by atoms with E-state index in [1.807, 2.05) is 20.8 Å². The zero-order chi connectivity index (χ0) is 15.4. The third-order valence-electron chi connectivity index (χ3n) is 2.44. The summed E-state index contributed by atoms with van der Waals surface area (Å²) in [5.41, 5.74) is 0. The highest BCUT2D eigenvalue weighted by molar-refractivity contribution is 4.64. The van der Waals surface area contributed by atoms with Gasteiger partial charge in [0.15, 0.2) is 0 Å². The zero-order valence-electron chi connectivity index (χ0n) is 13.2. The maximum atomic E-state index is 9.11. The molecular weight excluding hydrogens is 260 g/mol. The number of aliphatic hydroxyl groups excluding tert-OH is 1. The van der Waals surface area contributed by atoms with Crippen LogP contribution in [0.4, 0.5) is 0 Å². The first kappa shape index (κ1) is 19.5. The van der Waals surface area contributed by atoms with Crippen molar-refractivity contribution in [1.29, 1.82) is 0 Å². The molecule has 120 valence electrons. The Hall–Kier alpha value is -0.460. The van der Waals surface area contributed by atoms with Crippen molar-refractivity contribution in [1.82, 2.24) is 0 Å². The van der Waals surface area contributed by atoms with Crippen LogP contribution in [0.25, 0.3) is 0 Å². The fraction of sp³-hybridized carbons (Fsp3) is 0.867. The van der Waals surface area contributed by atoms with Gasteiger partial charge < -0.3 is 24.1 Å². The highest BCUT2D eigenvalue weighted by atomic mass is 16.6. The van der Waals surface area contributed by atoms with E-state index in [-0.39, 0.29) is 18.3 Å². The molecule has 0 heterocycles. The Bertz CT molecular complexity index is 232. The van der Waals surface area contributed by atoms with Crippen LogP contribution in [0, 0.1) is 0 Å². The van der Waals surface area contributed by atoms with Gasteiger partial charge in [-0.25, -0.2) is 0 Å². The highest BCUT2D eigenvalue weighted by Gasteiger charge is 2.10. The Kier molecular flexibility index (Phi) is 12.0. The Balaban J connectivity index is 3.56. The number of aliphatic hydroxyl groups is 1. The monoisotopic (exact) mass is 290 g/mol. The fourth-order valence-electron chi connectivity index (χ4n) is 1.36. The second-order valence-corrected chi connectivity index (χ2v) is 5.11. The highest BCUT2D eigenvalue weighted by Crippen LogP contribution is 2.01. The van der Waals surface area contributed by atoms with Crippen molar-refractivity contribution in [2.45, 2.75) is 52.1 Å². The molecule has 0 saturated carbocycles. The van der Waals surface area contributed by atoms with E-state index in [9.17, 15) is 0 Å². The molecule has 0 aromatic heterocycles. The molecule has 0 aromatic carbocycles. The number of hydrogen-bond donors (Lipinski definition) is 1. The average molecular weight is 290 g/mol. The second-order valence-electron chi connectivity index (χ2n) is 5.11. The predicted octanol–water partition coefficient (Wildman–Crippen LogP) is 1.79. The summed E-state index contributed by atoms with van der Waals surface area (Å²) in [6, 6.07) is 0. The summed E-state index contributed by atoms with van der Waals surface area (Å²) >= 11 is 0. The number of ether oxygens (including phenoxy) is 4. The topological polar surface area (TPSA) is 57.2 Å². The van der Waals surface area contributed by atoms with E-state index < -0.39 is 6.10 Å². The first-order valence-corrected chi connectivity index (χ1v) is 7.17. The molecule has 4 atom stereocenters. The molecule has 0 fully saturated rings. The van der Waals surface area contributed by atoms with Gasteiger partial charge in [0.2, 0.25) is 0 Å². The van der Waals surface area contributed by atoms with E-state index in [0.717, 1.165) is 0 Å². The van der Waals surface area contributed by atoms with Crippen LogP contribution in [-0.4, -0.2) is 62.6 Å². The minimum absolute atomic E-state index is 0.00513. The summed E-state index contributed by atoms with van der Waals surface area (Å²) in [7, 11) is 0. The van der Waals surface area contributed by atoms with Gasteiger partial charge in [-0.2, -0.15) is 0 Å². The van der Waals surface area contributed by atoms with E-state index in [1.165, 1.54) is 0 Å². The van der Waals surface area contributed by atoms with E-state index in [1.54, 1.807) is 13.0 Å². The van der Waals surface area contributed by atoms with Gasteiger partial charge in [-0.05, 0) is 27.7 Å². The van der Waals surface area contributed by atoms with Gasteiger partial charge in [0, 0.05) is 0 Å². The lowest BCUT2D eigenvalue weighted by molar-refractivity contribution is -0.0856. The zero-order valence-corrected chi connectivity index (χ0v) is 13.2. The predicted molar refractivity (Wildman–Crippen MR) is 78.9 cm³/mol. The lowest BCUT2D eigenvalue weighted by atomic mass is 10.3. The minimum atomic E-state index is -0.449. The van der Waals surface area contributed by atoms with E-state index in [2.05, 4.69) is 6.58 Å². The molecule has 0 aliphatic carbocycles. The summed E-state index contributed by atoms with van der Waals surface area (Å²) < 4.78 is 21.9. The lowest BCUT2D eigenvalue weighted by Crippen LogP contribution is -2.27. The summed E-state index contributed by atoms with van der Waals surface area (Å²) in [5.74, 6) is 0. The van der Waals surface area contributed by atoms with Gasteiger partial charge in [-0.1, -0.05) is 6.08 Å². The Morgan fingerprint density at radius 2 is 1.30 bits per heavy atom. The fourth-order valence-corrected chi connectivity index (χ4v) is 1.36. The standard InChI is InChI=1S/C15H30O5/c1-6-7-17-9-13(3)19-11-15(5)20-10-14(4)18-8-12(2)16/h6,12-16H,1,7-11H2,2-5H3. The Morgan fingerprint density at radius 1 is 0.850 bits per heavy atom. The summed E-state index contributed by atoms with van der Waals surface area (Å²) in [6.07, 6.45) is 1.25. The number of hydrogen-bond acceptors (Lipinski definition) is 5. The Morgan fingerprint density at radius 3 is 1.75 bits per heavy atom. The molecule has 0 amide bonds. The second kappa shape index (κ2) is 12.3. The molecule has 1 N–H and O–H groups in total. The molecular formula is C15H30O5. The molecule has 5 nitrogen and oxygen atoms in total. The van der Waals surface area contributed by atoms with Crippen LogP contribution >= 0.6 is 0 Å². The van der Waals surface area contributed by atoms with Crippen LogP contribution in [-0.2, 0) is 18.9 Å². The molecule has 0 spiro atoms. The molecule has 0 aliphatic heterocycles. The number of rotatable bonds is 13. The van der Waals surface area contributed by atoms with Crippen molar-refractivity contribution in [3.8, 4) is 0 Å². The Labute approximate surface area is 122 Å². The van der Waals surface area contributed by atoms with Crippen LogP contribution in [0.3, 0.4) is 0 Å². The van der Waals surface area contributed by atoms with Gasteiger partial charge in [0.05, 0.1) is 57.5 Å². The third kappa shape index (κ3) is 12.6. The van der Waals surface area contributed by atoms with Crippen LogP contribution in [0.1, 0.15) is 27.7 Å². The van der Waals surface area contributed by atoms with Crippen LogP contribution in [0.5, 0.6) is 0 Å². The van der Waals surface area contributed by atoms with E-state index in [0.29, 0.717) is 33.0 Å². The first-order chi connectivity index (χ1) is 9.45. The van der Waals surface area contributed by atoms with Crippen molar-refractivity contribution in [2.75, 3.05) is 33.0 Å². The quantitative estimate of drug-likeness (QED) is 0.414. The van der Waals surface area contributed by atoms with Crippen molar-refractivity contribution in [2.24, 2.45) is 0 Å². The average Bonchev–Trinajstić information content (AvgIpc) is 2.40. The molecule has 20 heavy (non-hydrogen) atoms. The van der Waals surface area contributed by atoms with Crippen molar-refractivity contribution in [3.63, 3.8) is 0 Å². The van der Waals surface area contributed by atoms with Gasteiger partial charge in [0.25, 0.3) is 0 Å². The summed E-state index contributed by atoms with van der Waals surface area (Å²) in [5, 5.41) is 9.11. The summed E-state index contributed by atoms with van der Waals surface area (Å²) in [4.78, 5) is 0. The maximum Gasteiger partial charge on any atom is 0.0781 e. The molecule has 0 radical (unpaired) electrons. The summed E-state index contributed by atoms with van der Waals surface area (Å²) in [6.45, 7) is 13.5. The lowest BCUT2D eigenvalue weighted by Gasteiger charge is -2.20. The SMILES string of the molecule is C=CCOCC(C)OCC(C)OCC(C)OCC(C)O. The molecule has 0 rings (SSSR count). The molecule has 0 aromatic rings. The van der Waals surface area contributed by atoms with Crippen molar-refractivity contribution >= 4 is 0 Å². The van der Waals surface area contributed by atoms with E-state index in [4.69, 9.17) is 24.1 Å². The smallest absolute Gasteiger partial charge is 0.0781 e.